The van der Waals surface area contributed by atoms with Crippen LogP contribution in [0, 0.1) is 6.92 Å². The highest BCUT2D eigenvalue weighted by Gasteiger charge is 2.10. The van der Waals surface area contributed by atoms with Crippen LogP contribution in [0.25, 0.3) is 11.5 Å². The van der Waals surface area contributed by atoms with E-state index in [0.717, 1.165) is 16.8 Å². The average Bonchev–Trinajstić information content (AvgIpc) is 2.93. The number of aliphatic carboxylic acids is 1. The lowest BCUT2D eigenvalue weighted by Gasteiger charge is -2.16. The van der Waals surface area contributed by atoms with E-state index < -0.39 is 5.97 Å². The predicted molar refractivity (Wildman–Crippen MR) is 74.4 cm³/mol. The van der Waals surface area contributed by atoms with Gasteiger partial charge in [-0.2, -0.15) is 0 Å². The van der Waals surface area contributed by atoms with Gasteiger partial charge in [0.2, 0.25) is 12.3 Å². The lowest BCUT2D eigenvalue weighted by Crippen LogP contribution is -2.17. The van der Waals surface area contributed by atoms with Crippen molar-refractivity contribution in [2.24, 2.45) is 0 Å². The van der Waals surface area contributed by atoms with Crippen LogP contribution in [-0.2, 0) is 4.79 Å². The molecule has 0 saturated carbocycles. The number of rotatable bonds is 6. The number of anilines is 1. The first kappa shape index (κ1) is 14.0. The summed E-state index contributed by atoms with van der Waals surface area (Å²) in [6, 6.07) is 5.88. The summed E-state index contributed by atoms with van der Waals surface area (Å²) < 4.78 is 5.17. The van der Waals surface area contributed by atoms with Gasteiger partial charge in [0.05, 0.1) is 0 Å². The molecule has 0 radical (unpaired) electrons. The van der Waals surface area contributed by atoms with Crippen LogP contribution in [0.2, 0.25) is 0 Å². The summed E-state index contributed by atoms with van der Waals surface area (Å²) in [5, 5.41) is 19.5. The maximum absolute atomic E-state index is 10.6. The van der Waals surface area contributed by atoms with E-state index in [1.54, 1.807) is 0 Å². The van der Waals surface area contributed by atoms with Gasteiger partial charge in [0.1, 0.15) is 0 Å². The second-order valence-corrected chi connectivity index (χ2v) is 4.75. The third-order valence-corrected chi connectivity index (χ3v) is 3.04. The summed E-state index contributed by atoms with van der Waals surface area (Å²) in [7, 11) is 0. The van der Waals surface area contributed by atoms with E-state index in [9.17, 15) is 4.79 Å². The van der Waals surface area contributed by atoms with Crippen molar-refractivity contribution in [2.45, 2.75) is 32.7 Å². The Morgan fingerprint density at radius 3 is 2.95 bits per heavy atom. The van der Waals surface area contributed by atoms with Gasteiger partial charge in [-0.05, 0) is 38.0 Å². The minimum absolute atomic E-state index is 0.0720. The van der Waals surface area contributed by atoms with Crippen LogP contribution in [0.5, 0.6) is 0 Å². The number of carbonyl (C=O) groups is 1. The summed E-state index contributed by atoms with van der Waals surface area (Å²) in [4.78, 5) is 10.6. The topological polar surface area (TPSA) is 88.3 Å². The molecule has 0 amide bonds. The molecule has 6 nitrogen and oxygen atoms in total. The van der Waals surface area contributed by atoms with Crippen molar-refractivity contribution in [1.29, 1.82) is 0 Å². The van der Waals surface area contributed by atoms with E-state index in [0.29, 0.717) is 12.3 Å². The highest BCUT2D eigenvalue weighted by Crippen LogP contribution is 2.24. The molecule has 2 rings (SSSR count). The molecule has 1 aromatic heterocycles. The summed E-state index contributed by atoms with van der Waals surface area (Å²) in [5.74, 6) is -0.318. The smallest absolute Gasteiger partial charge is 0.303 e. The molecule has 1 heterocycles. The van der Waals surface area contributed by atoms with Gasteiger partial charge in [0.25, 0.3) is 0 Å². The number of aryl methyl sites for hydroxylation is 1. The average molecular weight is 275 g/mol. The summed E-state index contributed by atoms with van der Waals surface area (Å²) >= 11 is 0. The molecule has 0 spiro atoms. The Hall–Kier alpha value is -2.37. The minimum atomic E-state index is -0.782. The van der Waals surface area contributed by atoms with Crippen molar-refractivity contribution < 1.29 is 14.3 Å². The van der Waals surface area contributed by atoms with Crippen molar-refractivity contribution in [3.8, 4) is 11.5 Å². The first-order valence-corrected chi connectivity index (χ1v) is 6.42. The van der Waals surface area contributed by atoms with Gasteiger partial charge in [-0.15, -0.1) is 10.2 Å². The summed E-state index contributed by atoms with van der Waals surface area (Å²) in [6.45, 7) is 3.95. The molecule has 106 valence electrons. The van der Waals surface area contributed by atoms with Gasteiger partial charge < -0.3 is 14.8 Å². The number of nitrogens with one attached hydrogen (secondary N) is 1. The molecule has 2 N–H and O–H groups in total. The van der Waals surface area contributed by atoms with Gasteiger partial charge in [-0.1, -0.05) is 6.07 Å². The number of hydrogen-bond acceptors (Lipinski definition) is 5. The molecule has 0 aliphatic heterocycles. The van der Waals surface area contributed by atoms with Crippen LogP contribution < -0.4 is 5.32 Å². The molecule has 1 atom stereocenters. The van der Waals surface area contributed by atoms with E-state index in [1.165, 1.54) is 6.39 Å². The molecule has 0 aliphatic carbocycles. The van der Waals surface area contributed by atoms with Crippen LogP contribution in [0.4, 0.5) is 5.69 Å². The van der Waals surface area contributed by atoms with Crippen LogP contribution in [-0.4, -0.2) is 27.3 Å². The monoisotopic (exact) mass is 275 g/mol. The molecule has 0 saturated heterocycles. The number of carboxylic acid groups (broad SMARTS) is 1. The third-order valence-electron chi connectivity index (χ3n) is 3.04. The van der Waals surface area contributed by atoms with Crippen LogP contribution >= 0.6 is 0 Å². The number of benzene rings is 1. The Kier molecular flexibility index (Phi) is 4.34. The lowest BCUT2D eigenvalue weighted by atomic mass is 10.1. The highest BCUT2D eigenvalue weighted by molar-refractivity contribution is 5.67. The Bertz CT molecular complexity index is 581. The van der Waals surface area contributed by atoms with E-state index in [2.05, 4.69) is 15.5 Å². The Morgan fingerprint density at radius 1 is 1.50 bits per heavy atom. The second-order valence-electron chi connectivity index (χ2n) is 4.75. The van der Waals surface area contributed by atoms with Crippen LogP contribution in [0.3, 0.4) is 0 Å². The molecule has 2 aromatic rings. The van der Waals surface area contributed by atoms with Crippen LogP contribution in [0.15, 0.2) is 29.0 Å². The second kappa shape index (κ2) is 6.18. The fraction of sp³-hybridized carbons (Fsp3) is 0.357. The largest absolute Gasteiger partial charge is 0.481 e. The molecule has 6 heteroatoms. The molecule has 1 unspecified atom stereocenters. The maximum Gasteiger partial charge on any atom is 0.303 e. The summed E-state index contributed by atoms with van der Waals surface area (Å²) in [5.41, 5.74) is 2.86. The fourth-order valence-corrected chi connectivity index (χ4v) is 1.89. The zero-order valence-corrected chi connectivity index (χ0v) is 11.5. The molecule has 0 fully saturated rings. The van der Waals surface area contributed by atoms with Crippen molar-refractivity contribution in [2.75, 3.05) is 5.32 Å². The first-order valence-electron chi connectivity index (χ1n) is 6.42. The Morgan fingerprint density at radius 2 is 2.30 bits per heavy atom. The van der Waals surface area contributed by atoms with Crippen LogP contribution in [0.1, 0.15) is 25.3 Å². The number of carboxylic acids is 1. The lowest BCUT2D eigenvalue weighted by molar-refractivity contribution is -0.137. The predicted octanol–water partition coefficient (Wildman–Crippen LogP) is 2.71. The zero-order chi connectivity index (χ0) is 14.5. The molecule has 0 aliphatic rings. The summed E-state index contributed by atoms with van der Waals surface area (Å²) in [6.07, 6.45) is 2.01. The standard InChI is InChI=1S/C14H17N3O3/c1-9-3-5-11(14-17-15-8-20-14)7-12(9)16-10(2)4-6-13(18)19/h3,5,7-8,10,16H,4,6H2,1-2H3,(H,18,19). The van der Waals surface area contributed by atoms with Gasteiger partial charge in [-0.3, -0.25) is 4.79 Å². The molecule has 0 bridgehead atoms. The van der Waals surface area contributed by atoms with Crippen molar-refractivity contribution in [3.05, 3.63) is 30.2 Å². The minimum Gasteiger partial charge on any atom is -0.481 e. The van der Waals surface area contributed by atoms with E-state index >= 15 is 0 Å². The van der Waals surface area contributed by atoms with E-state index in [1.807, 2.05) is 32.0 Å². The van der Waals surface area contributed by atoms with E-state index in [4.69, 9.17) is 9.52 Å². The normalized spacial score (nSPS) is 12.1. The number of nitrogens with zero attached hydrogens (tertiary/aromatic N) is 2. The Labute approximate surface area is 116 Å². The number of hydrogen-bond donors (Lipinski definition) is 2. The molecular formula is C14H17N3O3. The van der Waals surface area contributed by atoms with Crippen molar-refractivity contribution in [1.82, 2.24) is 10.2 Å². The SMILES string of the molecule is Cc1ccc(-c2nnco2)cc1NC(C)CCC(=O)O. The third kappa shape index (κ3) is 3.57. The number of aromatic nitrogens is 2. The Balaban J connectivity index is 2.11. The van der Waals surface area contributed by atoms with Crippen molar-refractivity contribution in [3.63, 3.8) is 0 Å². The van der Waals surface area contributed by atoms with Crippen molar-refractivity contribution >= 4 is 11.7 Å². The van der Waals surface area contributed by atoms with Gasteiger partial charge >= 0.3 is 5.97 Å². The first-order chi connectivity index (χ1) is 9.56. The molecule has 1 aromatic carbocycles. The fourth-order valence-electron chi connectivity index (χ4n) is 1.89. The molecule has 20 heavy (non-hydrogen) atoms. The zero-order valence-electron chi connectivity index (χ0n) is 11.5. The maximum atomic E-state index is 10.6. The highest BCUT2D eigenvalue weighted by atomic mass is 16.4. The van der Waals surface area contributed by atoms with Gasteiger partial charge in [0, 0.05) is 23.7 Å². The quantitative estimate of drug-likeness (QED) is 0.842. The molecular weight excluding hydrogens is 258 g/mol. The van der Waals surface area contributed by atoms with Gasteiger partial charge in [0.15, 0.2) is 0 Å². The van der Waals surface area contributed by atoms with E-state index in [-0.39, 0.29) is 12.5 Å². The van der Waals surface area contributed by atoms with Gasteiger partial charge in [-0.25, -0.2) is 0 Å².